The van der Waals surface area contributed by atoms with Gasteiger partial charge in [-0.1, -0.05) is 17.7 Å². The van der Waals surface area contributed by atoms with Crippen LogP contribution in [0.1, 0.15) is 15.9 Å². The standard InChI is InChI=1S/C14H17N3O/c1-12-2-4-13(5-3-12)14(18)17-10-8-16(7-6-15)9-11-17/h2-5H,7-11H2,1H3. The maximum atomic E-state index is 12.2. The second-order valence-electron chi connectivity index (χ2n) is 4.59. The number of carbonyl (C=O) groups excluding carboxylic acids is 1. The lowest BCUT2D eigenvalue weighted by atomic mass is 10.1. The number of rotatable bonds is 2. The van der Waals surface area contributed by atoms with Crippen LogP contribution in [0.4, 0.5) is 0 Å². The number of aryl methyl sites for hydroxylation is 1. The zero-order valence-electron chi connectivity index (χ0n) is 10.6. The highest BCUT2D eigenvalue weighted by atomic mass is 16.2. The molecule has 0 saturated carbocycles. The lowest BCUT2D eigenvalue weighted by Crippen LogP contribution is -2.48. The van der Waals surface area contributed by atoms with E-state index in [4.69, 9.17) is 5.26 Å². The van der Waals surface area contributed by atoms with Gasteiger partial charge in [0.25, 0.3) is 5.91 Å². The van der Waals surface area contributed by atoms with Gasteiger partial charge in [0.1, 0.15) is 0 Å². The van der Waals surface area contributed by atoms with Crippen LogP contribution in [-0.2, 0) is 0 Å². The van der Waals surface area contributed by atoms with Crippen LogP contribution >= 0.6 is 0 Å². The second kappa shape index (κ2) is 5.65. The summed E-state index contributed by atoms with van der Waals surface area (Å²) in [7, 11) is 0. The SMILES string of the molecule is Cc1ccc(C(=O)N2CCN(CC#N)CC2)cc1. The molecule has 18 heavy (non-hydrogen) atoms. The van der Waals surface area contributed by atoms with Crippen LogP contribution in [0.25, 0.3) is 0 Å². The van der Waals surface area contributed by atoms with Crippen LogP contribution in [0.3, 0.4) is 0 Å². The molecule has 1 amide bonds. The molecule has 1 saturated heterocycles. The zero-order chi connectivity index (χ0) is 13.0. The van der Waals surface area contributed by atoms with Crippen LogP contribution in [-0.4, -0.2) is 48.4 Å². The Morgan fingerprint density at radius 2 is 1.83 bits per heavy atom. The van der Waals surface area contributed by atoms with Crippen molar-refractivity contribution in [3.63, 3.8) is 0 Å². The largest absolute Gasteiger partial charge is 0.336 e. The lowest BCUT2D eigenvalue weighted by molar-refractivity contribution is 0.0652. The maximum Gasteiger partial charge on any atom is 0.253 e. The van der Waals surface area contributed by atoms with Crippen LogP contribution in [0.5, 0.6) is 0 Å². The normalized spacial score (nSPS) is 16.3. The lowest BCUT2D eigenvalue weighted by Gasteiger charge is -2.33. The van der Waals surface area contributed by atoms with Gasteiger partial charge in [-0.2, -0.15) is 5.26 Å². The molecule has 0 aliphatic carbocycles. The Labute approximate surface area is 107 Å². The van der Waals surface area contributed by atoms with Crippen molar-refractivity contribution in [2.24, 2.45) is 0 Å². The molecule has 1 aliphatic rings. The van der Waals surface area contributed by atoms with E-state index < -0.39 is 0 Å². The van der Waals surface area contributed by atoms with E-state index >= 15 is 0 Å². The molecule has 1 aliphatic heterocycles. The molecule has 2 rings (SSSR count). The molecule has 0 bridgehead atoms. The third-order valence-electron chi connectivity index (χ3n) is 3.25. The molecule has 4 heteroatoms. The van der Waals surface area contributed by atoms with Gasteiger partial charge < -0.3 is 4.90 Å². The minimum Gasteiger partial charge on any atom is -0.336 e. The Balaban J connectivity index is 1.95. The highest BCUT2D eigenvalue weighted by Gasteiger charge is 2.21. The number of hydrogen-bond acceptors (Lipinski definition) is 3. The number of amides is 1. The number of carbonyl (C=O) groups is 1. The number of piperazine rings is 1. The summed E-state index contributed by atoms with van der Waals surface area (Å²) in [5.74, 6) is 0.0895. The van der Waals surface area contributed by atoms with Crippen molar-refractivity contribution < 1.29 is 4.79 Å². The van der Waals surface area contributed by atoms with Gasteiger partial charge in [0.05, 0.1) is 12.6 Å². The van der Waals surface area contributed by atoms with Crippen molar-refractivity contribution in [3.8, 4) is 6.07 Å². The van der Waals surface area contributed by atoms with E-state index in [-0.39, 0.29) is 5.91 Å². The molecule has 1 aromatic carbocycles. The molecule has 0 unspecified atom stereocenters. The number of nitrogens with zero attached hydrogens (tertiary/aromatic N) is 3. The Kier molecular flexibility index (Phi) is 3.96. The molecule has 0 N–H and O–H groups in total. The summed E-state index contributed by atoms with van der Waals surface area (Å²) < 4.78 is 0. The first kappa shape index (κ1) is 12.6. The second-order valence-corrected chi connectivity index (χ2v) is 4.59. The monoisotopic (exact) mass is 243 g/mol. The van der Waals surface area contributed by atoms with Gasteiger partial charge in [0.15, 0.2) is 0 Å². The van der Waals surface area contributed by atoms with Crippen LogP contribution in [0, 0.1) is 18.3 Å². The topological polar surface area (TPSA) is 47.3 Å². The van der Waals surface area contributed by atoms with Crippen LogP contribution < -0.4 is 0 Å². The van der Waals surface area contributed by atoms with E-state index in [0.29, 0.717) is 19.6 Å². The molecule has 0 radical (unpaired) electrons. The fourth-order valence-electron chi connectivity index (χ4n) is 2.09. The zero-order valence-corrected chi connectivity index (χ0v) is 10.6. The molecule has 0 aromatic heterocycles. The minimum atomic E-state index is 0.0895. The Hall–Kier alpha value is -1.86. The van der Waals surface area contributed by atoms with Crippen molar-refractivity contribution in [2.75, 3.05) is 32.7 Å². The first-order chi connectivity index (χ1) is 8.70. The van der Waals surface area contributed by atoms with Crippen molar-refractivity contribution in [2.45, 2.75) is 6.92 Å². The number of hydrogen-bond donors (Lipinski definition) is 0. The molecule has 4 nitrogen and oxygen atoms in total. The molecular formula is C14H17N3O. The number of nitriles is 1. The molecule has 1 heterocycles. The predicted molar refractivity (Wildman–Crippen MR) is 69.1 cm³/mol. The van der Waals surface area contributed by atoms with Gasteiger partial charge in [0.2, 0.25) is 0 Å². The van der Waals surface area contributed by atoms with Crippen molar-refractivity contribution >= 4 is 5.91 Å². The van der Waals surface area contributed by atoms with Gasteiger partial charge in [-0.05, 0) is 19.1 Å². The van der Waals surface area contributed by atoms with E-state index in [1.165, 1.54) is 0 Å². The van der Waals surface area contributed by atoms with Gasteiger partial charge in [-0.3, -0.25) is 9.69 Å². The third-order valence-corrected chi connectivity index (χ3v) is 3.25. The van der Waals surface area contributed by atoms with Gasteiger partial charge >= 0.3 is 0 Å². The summed E-state index contributed by atoms with van der Waals surface area (Å²) in [5, 5.41) is 8.63. The smallest absolute Gasteiger partial charge is 0.253 e. The van der Waals surface area contributed by atoms with Gasteiger partial charge in [0, 0.05) is 31.7 Å². The Morgan fingerprint density at radius 3 is 2.39 bits per heavy atom. The molecule has 1 fully saturated rings. The highest BCUT2D eigenvalue weighted by molar-refractivity contribution is 5.94. The molecule has 1 aromatic rings. The summed E-state index contributed by atoms with van der Waals surface area (Å²) in [5.41, 5.74) is 1.90. The van der Waals surface area contributed by atoms with E-state index in [0.717, 1.165) is 24.2 Å². The van der Waals surface area contributed by atoms with Crippen LogP contribution in [0.15, 0.2) is 24.3 Å². The molecular weight excluding hydrogens is 226 g/mol. The molecule has 0 spiro atoms. The summed E-state index contributed by atoms with van der Waals surface area (Å²) in [6, 6.07) is 9.81. The van der Waals surface area contributed by atoms with Gasteiger partial charge in [-0.15, -0.1) is 0 Å². The Bertz CT molecular complexity index is 453. The van der Waals surface area contributed by atoms with E-state index in [2.05, 4.69) is 11.0 Å². The van der Waals surface area contributed by atoms with Crippen molar-refractivity contribution in [1.29, 1.82) is 5.26 Å². The molecule has 94 valence electrons. The van der Waals surface area contributed by atoms with Crippen molar-refractivity contribution in [3.05, 3.63) is 35.4 Å². The quantitative estimate of drug-likeness (QED) is 0.735. The Morgan fingerprint density at radius 1 is 1.22 bits per heavy atom. The average Bonchev–Trinajstić information content (AvgIpc) is 2.40. The summed E-state index contributed by atoms with van der Waals surface area (Å²) in [6.07, 6.45) is 0. The number of benzene rings is 1. The minimum absolute atomic E-state index is 0.0895. The van der Waals surface area contributed by atoms with Crippen molar-refractivity contribution in [1.82, 2.24) is 9.80 Å². The first-order valence-corrected chi connectivity index (χ1v) is 6.16. The summed E-state index contributed by atoms with van der Waals surface area (Å²) in [6.45, 7) is 5.43. The fourth-order valence-corrected chi connectivity index (χ4v) is 2.09. The maximum absolute atomic E-state index is 12.2. The summed E-state index contributed by atoms with van der Waals surface area (Å²) >= 11 is 0. The third kappa shape index (κ3) is 2.88. The van der Waals surface area contributed by atoms with E-state index in [1.807, 2.05) is 36.1 Å². The fraction of sp³-hybridized carbons (Fsp3) is 0.429. The van der Waals surface area contributed by atoms with E-state index in [1.54, 1.807) is 0 Å². The molecule has 0 atom stereocenters. The average molecular weight is 243 g/mol. The predicted octanol–water partition coefficient (Wildman–Crippen LogP) is 1.28. The van der Waals surface area contributed by atoms with E-state index in [9.17, 15) is 4.79 Å². The summed E-state index contributed by atoms with van der Waals surface area (Å²) in [4.78, 5) is 16.1. The van der Waals surface area contributed by atoms with Crippen LogP contribution in [0.2, 0.25) is 0 Å². The first-order valence-electron chi connectivity index (χ1n) is 6.16. The highest BCUT2D eigenvalue weighted by Crippen LogP contribution is 2.09. The van der Waals surface area contributed by atoms with Gasteiger partial charge in [-0.25, -0.2) is 0 Å².